The van der Waals surface area contributed by atoms with Crippen LogP contribution in [0, 0.1) is 5.92 Å². The molecular weight excluding hydrogens is 1540 g/mol. The quantitative estimate of drug-likeness (QED) is 0.0152. The van der Waals surface area contributed by atoms with Crippen LogP contribution >= 0.6 is 0 Å². The predicted molar refractivity (Wildman–Crippen MR) is 409 cm³/mol. The number of carboxylic acids is 4. The average Bonchev–Trinajstić information content (AvgIpc) is 1.64. The first-order valence-corrected chi connectivity index (χ1v) is 37.7. The Morgan fingerprint density at radius 1 is 0.496 bits per heavy atom. The zero-order valence-electron chi connectivity index (χ0n) is 64.7. The first-order chi connectivity index (χ1) is 55.4. The second-order valence-electron chi connectivity index (χ2n) is 28.1. The summed E-state index contributed by atoms with van der Waals surface area (Å²) in [6.45, 7) is 3.64. The summed E-state index contributed by atoms with van der Waals surface area (Å²) >= 11 is 0. The molecule has 13 atom stereocenters. The molecule has 43 nitrogen and oxygen atoms in total. The van der Waals surface area contributed by atoms with Crippen molar-refractivity contribution in [2.45, 2.75) is 216 Å². The standard InChI is InChI=1S/C74H102N18O25/c1-5-36(2)15-8-6-7-9-21-56(95)84-47(25-39-32-78-43-18-12-10-16-41(39)43)69(111)88-49(28-55(77)94)71(113)90-52(31-62(104)105)72(114)92-63-38(4)117-74(116)53(26-40-33-79-44-19-13-11-17-42(40)44)91-67(109)46(22-23-59(98)99)86-70(112)48(27-54(76)93)85-58(97)34-80-65(107)50(29-60(100)101)87-64(106)37(3)82-68(110)51(30-61(102)103)89-66(108)45(20-14-24-75)83-57(96)35-81-73(63)115/h10-13,16-19,32-33,36-38,45-53,63,78-79H,5-9,14-15,20-31,34-35,75H2,1-4H3,(H2,76,93)(H2,77,94)(H,80,107)(H,81,115)(H,82,110)(H,83,96)(H,84,95)(H,85,97)(H,86,112)(H,87,106)(H,88,111)(H,89,108)(H,90,113)(H,91,109)(H,92,114)(H,98,99)(H,100,101)(H,102,103)(H,104,105). The number of aliphatic carboxylic acids is 4. The molecule has 15 amide bonds. The number of amides is 15. The van der Waals surface area contributed by atoms with Gasteiger partial charge in [-0.2, -0.15) is 0 Å². The fraction of sp³-hybridized carbons (Fsp3) is 0.514. The maximum Gasteiger partial charge on any atom is 0.329 e. The van der Waals surface area contributed by atoms with Gasteiger partial charge in [-0.1, -0.05) is 82.3 Å². The smallest absolute Gasteiger partial charge is 0.329 e. The third-order valence-corrected chi connectivity index (χ3v) is 18.7. The van der Waals surface area contributed by atoms with Gasteiger partial charge < -0.3 is 121 Å². The van der Waals surface area contributed by atoms with Gasteiger partial charge in [-0.25, -0.2) is 4.79 Å². The van der Waals surface area contributed by atoms with E-state index in [0.717, 1.165) is 39.5 Å². The normalized spacial score (nSPS) is 21.1. The van der Waals surface area contributed by atoms with Crippen LogP contribution in [0.15, 0.2) is 60.9 Å². The first kappa shape index (κ1) is 94.5. The van der Waals surface area contributed by atoms with Gasteiger partial charge in [0.2, 0.25) is 88.6 Å². The number of nitrogens with two attached hydrogens (primary N) is 3. The van der Waals surface area contributed by atoms with E-state index in [9.17, 15) is 112 Å². The molecule has 2 aromatic heterocycles. The summed E-state index contributed by atoms with van der Waals surface area (Å²) in [5.74, 6) is -27.2. The number of hydrogen-bond donors (Lipinski definition) is 22. The Labute approximate surface area is 668 Å². The molecule has 117 heavy (non-hydrogen) atoms. The lowest BCUT2D eigenvalue weighted by atomic mass is 10.00. The van der Waals surface area contributed by atoms with Crippen LogP contribution in [0.2, 0.25) is 0 Å². The highest BCUT2D eigenvalue weighted by atomic mass is 16.5. The van der Waals surface area contributed by atoms with Gasteiger partial charge in [0.15, 0.2) is 0 Å². The molecule has 2 aromatic carbocycles. The molecule has 3 heterocycles. The topological polar surface area (TPSA) is 698 Å². The van der Waals surface area contributed by atoms with E-state index >= 15 is 4.79 Å². The number of ether oxygens (including phenoxy) is 1. The van der Waals surface area contributed by atoms with Crippen molar-refractivity contribution in [3.05, 3.63) is 72.1 Å². The number of para-hydroxylation sites is 2. The van der Waals surface area contributed by atoms with E-state index in [1.807, 2.05) is 10.6 Å². The summed E-state index contributed by atoms with van der Waals surface area (Å²) in [4.78, 5) is 279. The lowest BCUT2D eigenvalue weighted by Gasteiger charge is -2.29. The van der Waals surface area contributed by atoms with Crippen LogP contribution < -0.4 is 86.3 Å². The van der Waals surface area contributed by atoms with Crippen molar-refractivity contribution in [3.63, 3.8) is 0 Å². The van der Waals surface area contributed by atoms with E-state index in [1.54, 1.807) is 54.7 Å². The number of benzene rings is 2. The van der Waals surface area contributed by atoms with Crippen LogP contribution in [-0.2, 0) is 113 Å². The van der Waals surface area contributed by atoms with Gasteiger partial charge in [-0.05, 0) is 75.3 Å². The van der Waals surface area contributed by atoms with Crippen LogP contribution in [0.3, 0.4) is 0 Å². The number of esters is 1. The van der Waals surface area contributed by atoms with Gasteiger partial charge in [0.1, 0.15) is 72.6 Å². The third-order valence-electron chi connectivity index (χ3n) is 18.7. The van der Waals surface area contributed by atoms with Gasteiger partial charge in [-0.3, -0.25) is 91.1 Å². The summed E-state index contributed by atoms with van der Waals surface area (Å²) in [7, 11) is 0. The van der Waals surface area contributed by atoms with Crippen LogP contribution in [0.1, 0.15) is 142 Å². The highest BCUT2D eigenvalue weighted by Crippen LogP contribution is 2.23. The summed E-state index contributed by atoms with van der Waals surface area (Å²) in [5.41, 5.74) is 18.7. The Kier molecular flexibility index (Phi) is 37.9. The SMILES string of the molecule is CCC(C)CCCCCCC(=O)NC(Cc1c[nH]c2ccccc12)C(=O)NC(CC(N)=O)C(=O)NC(CC(=O)O)C(=O)NC1C(=O)NCC(=O)NC(CCCN)C(=O)NC(CC(=O)O)C(=O)NC(C)C(=O)NC(CC(=O)O)C(=O)NCC(=O)NC(CC(N)=O)C(=O)NC(CCC(=O)O)C(=O)NC(Cc2c[nH]c3ccccc23)C(=O)OC1C. The van der Waals surface area contributed by atoms with Crippen molar-refractivity contribution >= 4 is 140 Å². The number of carbonyl (C=O) groups excluding carboxylic acids is 16. The number of hydrogen-bond acceptors (Lipinski definition) is 22. The van der Waals surface area contributed by atoms with Gasteiger partial charge >= 0.3 is 29.8 Å². The van der Waals surface area contributed by atoms with Crippen molar-refractivity contribution in [1.29, 1.82) is 0 Å². The molecule has 4 aromatic rings. The molecule has 1 aliphatic heterocycles. The van der Waals surface area contributed by atoms with Crippen LogP contribution in [0.5, 0.6) is 0 Å². The molecule has 1 fully saturated rings. The summed E-state index contributed by atoms with van der Waals surface area (Å²) in [6, 6.07) is -8.65. The monoisotopic (exact) mass is 1640 g/mol. The molecule has 0 saturated carbocycles. The highest BCUT2D eigenvalue weighted by Gasteiger charge is 2.40. The molecular formula is C74H102N18O25. The molecule has 5 rings (SSSR count). The average molecular weight is 1640 g/mol. The number of fused-ring (bicyclic) bond motifs is 2. The van der Waals surface area contributed by atoms with Crippen molar-refractivity contribution in [1.82, 2.24) is 79.1 Å². The van der Waals surface area contributed by atoms with Gasteiger partial charge in [0.05, 0.1) is 45.2 Å². The minimum atomic E-state index is -2.37. The van der Waals surface area contributed by atoms with Crippen molar-refractivity contribution in [2.75, 3.05) is 19.6 Å². The Balaban J connectivity index is 1.60. The number of primary amides is 2. The molecule has 0 bridgehead atoms. The van der Waals surface area contributed by atoms with E-state index in [0.29, 0.717) is 46.1 Å². The number of aromatic nitrogens is 2. The second-order valence-corrected chi connectivity index (χ2v) is 28.1. The van der Waals surface area contributed by atoms with Crippen molar-refractivity contribution in [3.8, 4) is 0 Å². The zero-order chi connectivity index (χ0) is 86.8. The summed E-state index contributed by atoms with van der Waals surface area (Å²) in [6.07, 6.45) is -3.02. The number of aromatic amines is 2. The number of unbranched alkanes of at least 4 members (excludes halogenated alkanes) is 3. The number of carbonyl (C=O) groups is 20. The zero-order valence-corrected chi connectivity index (χ0v) is 64.7. The molecule has 25 N–H and O–H groups in total. The maximum atomic E-state index is 15.0. The molecule has 1 aliphatic rings. The molecule has 0 spiro atoms. The van der Waals surface area contributed by atoms with Crippen LogP contribution in [0.25, 0.3) is 21.8 Å². The van der Waals surface area contributed by atoms with E-state index in [4.69, 9.17) is 21.9 Å². The Bertz CT molecular complexity index is 4300. The minimum absolute atomic E-state index is 0.0119. The fourth-order valence-electron chi connectivity index (χ4n) is 12.2. The van der Waals surface area contributed by atoms with E-state index in [-0.39, 0.29) is 37.8 Å². The third kappa shape index (κ3) is 32.0. The largest absolute Gasteiger partial charge is 0.481 e. The number of nitrogens with one attached hydrogen (secondary N) is 15. The van der Waals surface area contributed by atoms with E-state index < -0.39 is 255 Å². The van der Waals surface area contributed by atoms with Crippen LogP contribution in [-0.4, -0.2) is 241 Å². The number of cyclic esters (lactones) is 1. The molecule has 1 saturated heterocycles. The number of rotatable bonds is 35. The molecule has 0 aliphatic carbocycles. The highest BCUT2D eigenvalue weighted by molar-refractivity contribution is 6.02. The van der Waals surface area contributed by atoms with Crippen molar-refractivity contribution in [2.24, 2.45) is 23.1 Å². The Hall–Kier alpha value is -13.1. The summed E-state index contributed by atoms with van der Waals surface area (Å²) < 4.78 is 5.83. The Morgan fingerprint density at radius 2 is 0.991 bits per heavy atom. The first-order valence-electron chi connectivity index (χ1n) is 37.7. The van der Waals surface area contributed by atoms with Gasteiger partial charge in [-0.15, -0.1) is 0 Å². The van der Waals surface area contributed by atoms with Crippen LogP contribution in [0.4, 0.5) is 0 Å². The molecule has 638 valence electrons. The lowest BCUT2D eigenvalue weighted by molar-refractivity contribution is -0.156. The maximum absolute atomic E-state index is 15.0. The predicted octanol–water partition coefficient (Wildman–Crippen LogP) is -4.87. The Morgan fingerprint density at radius 3 is 1.56 bits per heavy atom. The minimum Gasteiger partial charge on any atom is -0.481 e. The lowest BCUT2D eigenvalue weighted by Crippen LogP contribution is -2.61. The fourth-order valence-corrected chi connectivity index (χ4v) is 12.2. The van der Waals surface area contributed by atoms with Gasteiger partial charge in [0, 0.05) is 59.9 Å². The van der Waals surface area contributed by atoms with Crippen molar-refractivity contribution < 1.29 is 121 Å². The number of H-pyrrole nitrogens is 2. The molecule has 13 unspecified atom stereocenters. The van der Waals surface area contributed by atoms with E-state index in [2.05, 4.69) is 82.3 Å². The molecule has 0 radical (unpaired) electrons. The summed E-state index contributed by atoms with van der Waals surface area (Å²) in [5, 5.41) is 69.4. The molecule has 43 heteroatoms. The van der Waals surface area contributed by atoms with Gasteiger partial charge in [0.25, 0.3) is 0 Å². The number of carboxylic acid groups (broad SMARTS) is 4. The second kappa shape index (κ2) is 46.9. The van der Waals surface area contributed by atoms with E-state index in [1.165, 1.54) is 6.20 Å².